The van der Waals surface area contributed by atoms with Crippen LogP contribution in [0, 0.1) is 5.92 Å². The van der Waals surface area contributed by atoms with Gasteiger partial charge in [-0.05, 0) is 36.8 Å². The van der Waals surface area contributed by atoms with Crippen LogP contribution in [-0.2, 0) is 32.1 Å². The molecular formula is C23H29N7O5. The van der Waals surface area contributed by atoms with E-state index in [2.05, 4.69) is 31.0 Å². The van der Waals surface area contributed by atoms with Crippen molar-refractivity contribution in [2.75, 3.05) is 4.90 Å². The van der Waals surface area contributed by atoms with Gasteiger partial charge in [-0.2, -0.15) is 15.4 Å². The molecule has 2 atom stereocenters. The van der Waals surface area contributed by atoms with Crippen LogP contribution < -0.4 is 15.5 Å². The first-order chi connectivity index (χ1) is 16.9. The Morgan fingerprint density at radius 3 is 2.74 bits per heavy atom. The van der Waals surface area contributed by atoms with Gasteiger partial charge in [-0.25, -0.2) is 4.98 Å². The largest absolute Gasteiger partial charge is 0.481 e. The van der Waals surface area contributed by atoms with Crippen LogP contribution in [0.2, 0.25) is 0 Å². The molecule has 1 aliphatic heterocycles. The molecular weight excluding hydrogens is 454 g/mol. The van der Waals surface area contributed by atoms with Crippen LogP contribution in [0.1, 0.15) is 56.2 Å². The summed E-state index contributed by atoms with van der Waals surface area (Å²) in [4.78, 5) is 56.4. The highest BCUT2D eigenvalue weighted by Crippen LogP contribution is 2.31. The highest BCUT2D eigenvalue weighted by Gasteiger charge is 2.42. The highest BCUT2D eigenvalue weighted by atomic mass is 16.4. The minimum absolute atomic E-state index is 0.0868. The number of amides is 3. The number of rotatable bonds is 10. The summed E-state index contributed by atoms with van der Waals surface area (Å²) in [6.07, 6.45) is 7.28. The molecule has 1 aliphatic carbocycles. The number of aliphatic carboxylic acids is 1. The number of carboxylic acid groups (broad SMARTS) is 1. The van der Waals surface area contributed by atoms with Gasteiger partial charge in [0.25, 0.3) is 5.91 Å². The molecule has 186 valence electrons. The third kappa shape index (κ3) is 6.00. The minimum atomic E-state index is -1.08. The van der Waals surface area contributed by atoms with Crippen LogP contribution >= 0.6 is 0 Å². The summed E-state index contributed by atoms with van der Waals surface area (Å²) in [6, 6.07) is 1.54. The van der Waals surface area contributed by atoms with E-state index in [0.29, 0.717) is 17.9 Å². The van der Waals surface area contributed by atoms with E-state index in [1.54, 1.807) is 12.1 Å². The van der Waals surface area contributed by atoms with Crippen molar-refractivity contribution in [3.63, 3.8) is 0 Å². The van der Waals surface area contributed by atoms with Crippen molar-refractivity contribution >= 4 is 29.5 Å². The number of fused-ring (bicyclic) bond motifs is 1. The fourth-order valence-electron chi connectivity index (χ4n) is 4.75. The number of aromatic amines is 1. The zero-order valence-corrected chi connectivity index (χ0v) is 19.3. The van der Waals surface area contributed by atoms with E-state index >= 15 is 0 Å². The standard InChI is InChI=1S/C23H29N7O5/c31-19(10-14-4-1-2-5-14)27-17(7-8-20(32)33)23(35)30-18(11-15-6-3-9-24-21(15)30)22(34)25-12-16-13-26-29-28-16/h3,6,9,13-14,17-18H,1-2,4-5,7-8,10-12H2,(H,25,34)(H,27,31)(H,32,33)(H,26,28,29). The molecule has 4 rings (SSSR count). The zero-order chi connectivity index (χ0) is 24.8. The molecule has 4 N–H and O–H groups in total. The number of aromatic nitrogens is 4. The Kier molecular flexibility index (Phi) is 7.68. The number of nitrogens with one attached hydrogen (secondary N) is 3. The van der Waals surface area contributed by atoms with Gasteiger partial charge in [0, 0.05) is 25.5 Å². The summed E-state index contributed by atoms with van der Waals surface area (Å²) < 4.78 is 0. The van der Waals surface area contributed by atoms with Crippen LogP contribution in [0.4, 0.5) is 5.82 Å². The Labute approximate surface area is 201 Å². The van der Waals surface area contributed by atoms with Gasteiger partial charge < -0.3 is 15.7 Å². The Bertz CT molecular complexity index is 1070. The molecule has 35 heavy (non-hydrogen) atoms. The highest BCUT2D eigenvalue weighted by molar-refractivity contribution is 6.06. The lowest BCUT2D eigenvalue weighted by Gasteiger charge is -2.28. The molecule has 2 aromatic heterocycles. The fourth-order valence-corrected chi connectivity index (χ4v) is 4.75. The SMILES string of the molecule is O=C(O)CCC(NC(=O)CC1CCCC1)C(=O)N1c2ncccc2CC1C(=O)NCc1cn[nH]n1. The second kappa shape index (κ2) is 11.1. The third-order valence-corrected chi connectivity index (χ3v) is 6.50. The maximum Gasteiger partial charge on any atom is 0.303 e. The van der Waals surface area contributed by atoms with Crippen molar-refractivity contribution in [1.29, 1.82) is 0 Å². The van der Waals surface area contributed by atoms with Crippen LogP contribution in [0.5, 0.6) is 0 Å². The van der Waals surface area contributed by atoms with Gasteiger partial charge in [-0.3, -0.25) is 24.1 Å². The van der Waals surface area contributed by atoms with Crippen molar-refractivity contribution < 1.29 is 24.3 Å². The van der Waals surface area contributed by atoms with Crippen LogP contribution in [0.15, 0.2) is 24.5 Å². The minimum Gasteiger partial charge on any atom is -0.481 e. The van der Waals surface area contributed by atoms with E-state index in [1.807, 2.05) is 0 Å². The first-order valence-electron chi connectivity index (χ1n) is 11.8. The predicted octanol–water partition coefficient (Wildman–Crippen LogP) is 0.704. The number of carbonyl (C=O) groups excluding carboxylic acids is 3. The van der Waals surface area contributed by atoms with E-state index in [0.717, 1.165) is 31.2 Å². The van der Waals surface area contributed by atoms with Crippen molar-refractivity contribution in [2.24, 2.45) is 5.92 Å². The second-order valence-corrected chi connectivity index (χ2v) is 9.00. The molecule has 2 unspecified atom stereocenters. The van der Waals surface area contributed by atoms with Crippen molar-refractivity contribution in [2.45, 2.75) is 70.0 Å². The van der Waals surface area contributed by atoms with E-state index < -0.39 is 29.9 Å². The molecule has 0 bridgehead atoms. The van der Waals surface area contributed by atoms with Gasteiger partial charge in [-0.1, -0.05) is 18.9 Å². The fraction of sp³-hybridized carbons (Fsp3) is 0.522. The monoisotopic (exact) mass is 483 g/mol. The molecule has 0 saturated heterocycles. The van der Waals surface area contributed by atoms with Crippen LogP contribution in [0.25, 0.3) is 0 Å². The molecule has 0 spiro atoms. The van der Waals surface area contributed by atoms with Crippen molar-refractivity contribution in [1.82, 2.24) is 31.0 Å². The molecule has 2 aromatic rings. The van der Waals surface area contributed by atoms with E-state index in [9.17, 15) is 24.3 Å². The molecule has 3 amide bonds. The van der Waals surface area contributed by atoms with E-state index in [4.69, 9.17) is 0 Å². The lowest BCUT2D eigenvalue weighted by atomic mass is 10.0. The summed E-state index contributed by atoms with van der Waals surface area (Å²) in [5, 5.41) is 24.8. The van der Waals surface area contributed by atoms with Gasteiger partial charge in [0.15, 0.2) is 0 Å². The second-order valence-electron chi connectivity index (χ2n) is 9.00. The molecule has 1 saturated carbocycles. The van der Waals surface area contributed by atoms with E-state index in [1.165, 1.54) is 17.3 Å². The number of pyridine rings is 1. The average molecular weight is 484 g/mol. The lowest BCUT2D eigenvalue weighted by Crippen LogP contribution is -2.55. The summed E-state index contributed by atoms with van der Waals surface area (Å²) in [7, 11) is 0. The van der Waals surface area contributed by atoms with Gasteiger partial charge in [-0.15, -0.1) is 0 Å². The average Bonchev–Trinajstić information content (AvgIpc) is 3.60. The topological polar surface area (TPSA) is 170 Å². The normalized spacial score (nSPS) is 18.2. The molecule has 12 nitrogen and oxygen atoms in total. The Balaban J connectivity index is 1.52. The maximum atomic E-state index is 13.7. The number of carbonyl (C=O) groups is 4. The maximum absolute atomic E-state index is 13.7. The van der Waals surface area contributed by atoms with Gasteiger partial charge in [0.1, 0.15) is 23.6 Å². The molecule has 3 heterocycles. The molecule has 2 aliphatic rings. The van der Waals surface area contributed by atoms with Crippen LogP contribution in [0.3, 0.4) is 0 Å². The quantitative estimate of drug-likeness (QED) is 0.383. The Morgan fingerprint density at radius 1 is 1.23 bits per heavy atom. The summed E-state index contributed by atoms with van der Waals surface area (Å²) in [5.41, 5.74) is 1.25. The predicted molar refractivity (Wildman–Crippen MR) is 123 cm³/mol. The molecule has 0 radical (unpaired) electrons. The van der Waals surface area contributed by atoms with Gasteiger partial charge in [0.05, 0.1) is 12.7 Å². The van der Waals surface area contributed by atoms with Gasteiger partial charge in [0.2, 0.25) is 11.8 Å². The number of hydrogen-bond acceptors (Lipinski definition) is 7. The number of hydrogen-bond donors (Lipinski definition) is 4. The Morgan fingerprint density at radius 2 is 2.03 bits per heavy atom. The molecule has 1 fully saturated rings. The molecule has 12 heteroatoms. The summed E-state index contributed by atoms with van der Waals surface area (Å²) >= 11 is 0. The van der Waals surface area contributed by atoms with E-state index in [-0.39, 0.29) is 37.6 Å². The number of carboxylic acids is 1. The summed E-state index contributed by atoms with van der Waals surface area (Å²) in [5.74, 6) is -1.71. The Hall–Kier alpha value is -3.83. The number of nitrogens with zero attached hydrogens (tertiary/aromatic N) is 4. The zero-order valence-electron chi connectivity index (χ0n) is 19.3. The van der Waals surface area contributed by atoms with Gasteiger partial charge >= 0.3 is 5.97 Å². The summed E-state index contributed by atoms with van der Waals surface area (Å²) in [6.45, 7) is 0.123. The van der Waals surface area contributed by atoms with Crippen LogP contribution in [-0.4, -0.2) is 61.3 Å². The number of anilines is 1. The third-order valence-electron chi connectivity index (χ3n) is 6.50. The smallest absolute Gasteiger partial charge is 0.303 e. The van der Waals surface area contributed by atoms with Crippen molar-refractivity contribution in [3.05, 3.63) is 35.8 Å². The first-order valence-corrected chi connectivity index (χ1v) is 11.8. The van der Waals surface area contributed by atoms with Crippen molar-refractivity contribution in [3.8, 4) is 0 Å². The molecule has 0 aromatic carbocycles. The number of H-pyrrole nitrogens is 1. The lowest BCUT2D eigenvalue weighted by molar-refractivity contribution is -0.138. The first kappa shape index (κ1) is 24.3.